The van der Waals surface area contributed by atoms with Gasteiger partial charge in [-0.2, -0.15) is 18.4 Å². The molecule has 15 heavy (non-hydrogen) atoms. The quantitative estimate of drug-likeness (QED) is 0.774. The van der Waals surface area contributed by atoms with Crippen molar-refractivity contribution in [2.75, 3.05) is 0 Å². The van der Waals surface area contributed by atoms with Crippen LogP contribution in [0.1, 0.15) is 21.7 Å². The number of hydrogen-bond donors (Lipinski definition) is 1. The minimum Gasteiger partial charge on any atom is -0.478 e. The lowest BCUT2D eigenvalue weighted by molar-refractivity contribution is -0.141. The first-order chi connectivity index (χ1) is 6.86. The monoisotopic (exact) mass is 216 g/mol. The van der Waals surface area contributed by atoms with E-state index in [0.717, 1.165) is 0 Å². The third-order valence-corrected chi connectivity index (χ3v) is 1.52. The summed E-state index contributed by atoms with van der Waals surface area (Å²) in [5.74, 6) is -1.49. The number of hydrogen-bond acceptors (Lipinski definition) is 3. The highest BCUT2D eigenvalue weighted by Gasteiger charge is 2.33. The fourth-order valence-electron chi connectivity index (χ4n) is 0.875. The molecule has 0 spiro atoms. The van der Waals surface area contributed by atoms with Crippen LogP contribution >= 0.6 is 0 Å². The first-order valence-corrected chi connectivity index (χ1v) is 3.58. The highest BCUT2D eigenvalue weighted by molar-refractivity contribution is 5.89. The van der Waals surface area contributed by atoms with Crippen LogP contribution in [0.25, 0.3) is 0 Å². The van der Waals surface area contributed by atoms with Gasteiger partial charge in [0, 0.05) is 0 Å². The second kappa shape index (κ2) is 3.57. The van der Waals surface area contributed by atoms with Gasteiger partial charge in [0.25, 0.3) is 0 Å². The van der Waals surface area contributed by atoms with Gasteiger partial charge in [-0.3, -0.25) is 0 Å². The number of rotatable bonds is 1. The molecule has 0 saturated heterocycles. The molecule has 0 bridgehead atoms. The number of pyridine rings is 1. The van der Waals surface area contributed by atoms with E-state index in [1.807, 2.05) is 0 Å². The fraction of sp³-hybridized carbons (Fsp3) is 0.125. The van der Waals surface area contributed by atoms with E-state index >= 15 is 0 Å². The number of halogens is 3. The van der Waals surface area contributed by atoms with Crippen molar-refractivity contribution in [1.82, 2.24) is 4.98 Å². The third-order valence-electron chi connectivity index (χ3n) is 1.52. The van der Waals surface area contributed by atoms with Crippen LogP contribution in [0.4, 0.5) is 13.2 Å². The number of carboxylic acid groups (broad SMARTS) is 1. The summed E-state index contributed by atoms with van der Waals surface area (Å²) in [5, 5.41) is 16.9. The van der Waals surface area contributed by atoms with E-state index in [0.29, 0.717) is 12.1 Å². The van der Waals surface area contributed by atoms with Gasteiger partial charge >= 0.3 is 12.1 Å². The number of nitrogens with zero attached hydrogens (tertiary/aromatic N) is 2. The first kappa shape index (κ1) is 11.0. The number of aromatic carboxylic acids is 1. The highest BCUT2D eigenvalue weighted by atomic mass is 19.4. The highest BCUT2D eigenvalue weighted by Crippen LogP contribution is 2.28. The van der Waals surface area contributed by atoms with Gasteiger partial charge in [-0.1, -0.05) is 0 Å². The zero-order valence-corrected chi connectivity index (χ0v) is 7.04. The zero-order chi connectivity index (χ0) is 11.6. The van der Waals surface area contributed by atoms with Crippen molar-refractivity contribution in [2.24, 2.45) is 0 Å². The van der Waals surface area contributed by atoms with Gasteiger partial charge in [0.05, 0.1) is 5.56 Å². The Morgan fingerprint density at radius 2 is 2.07 bits per heavy atom. The maximum Gasteiger partial charge on any atom is 0.433 e. The molecule has 0 aliphatic rings. The van der Waals surface area contributed by atoms with Crippen LogP contribution in [0.2, 0.25) is 0 Å². The lowest BCUT2D eigenvalue weighted by Gasteiger charge is -2.06. The Bertz CT molecular complexity index is 448. The van der Waals surface area contributed by atoms with E-state index in [1.165, 1.54) is 6.07 Å². The van der Waals surface area contributed by atoms with E-state index in [2.05, 4.69) is 4.98 Å². The Kier molecular flexibility index (Phi) is 2.61. The standard InChI is InChI=1S/C8H3F3N2O2/c9-8(10,11)6-2-1-4(7(14)15)5(3-12)13-6/h1-2H,(H,14,15). The minimum absolute atomic E-state index is 0.518. The largest absolute Gasteiger partial charge is 0.478 e. The molecule has 1 rings (SSSR count). The summed E-state index contributed by atoms with van der Waals surface area (Å²) in [7, 11) is 0. The number of aromatic nitrogens is 1. The Morgan fingerprint density at radius 1 is 1.47 bits per heavy atom. The third kappa shape index (κ3) is 2.22. The number of carboxylic acids is 1. The van der Waals surface area contributed by atoms with Gasteiger partial charge in [-0.15, -0.1) is 0 Å². The van der Waals surface area contributed by atoms with E-state index in [1.54, 1.807) is 0 Å². The van der Waals surface area contributed by atoms with Crippen molar-refractivity contribution >= 4 is 5.97 Å². The maximum atomic E-state index is 12.1. The smallest absolute Gasteiger partial charge is 0.433 e. The molecule has 0 amide bonds. The lowest BCUT2D eigenvalue weighted by Crippen LogP contribution is -2.11. The molecule has 1 heterocycles. The first-order valence-electron chi connectivity index (χ1n) is 3.58. The van der Waals surface area contributed by atoms with Crippen molar-refractivity contribution in [1.29, 1.82) is 5.26 Å². The van der Waals surface area contributed by atoms with E-state index in [9.17, 15) is 18.0 Å². The maximum absolute atomic E-state index is 12.1. The minimum atomic E-state index is -4.69. The Morgan fingerprint density at radius 3 is 2.47 bits per heavy atom. The average molecular weight is 216 g/mol. The summed E-state index contributed by atoms with van der Waals surface area (Å²) >= 11 is 0. The van der Waals surface area contributed by atoms with Crippen molar-refractivity contribution in [3.05, 3.63) is 29.1 Å². The molecule has 1 aromatic rings. The molecule has 0 unspecified atom stereocenters. The lowest BCUT2D eigenvalue weighted by atomic mass is 10.2. The van der Waals surface area contributed by atoms with Crippen molar-refractivity contribution in [3.63, 3.8) is 0 Å². The summed E-state index contributed by atoms with van der Waals surface area (Å²) in [6, 6.07) is 2.52. The molecule has 0 aromatic carbocycles. The van der Waals surface area contributed by atoms with Crippen LogP contribution in [-0.2, 0) is 6.18 Å². The van der Waals surface area contributed by atoms with Crippen LogP contribution in [0, 0.1) is 11.3 Å². The van der Waals surface area contributed by atoms with Crippen molar-refractivity contribution < 1.29 is 23.1 Å². The van der Waals surface area contributed by atoms with Crippen LogP contribution in [0.15, 0.2) is 12.1 Å². The van der Waals surface area contributed by atoms with Crippen LogP contribution < -0.4 is 0 Å². The Labute approximate surface area is 81.6 Å². The molecule has 0 saturated carbocycles. The fourth-order valence-corrected chi connectivity index (χ4v) is 0.875. The molecular weight excluding hydrogens is 213 g/mol. The van der Waals surface area contributed by atoms with Gasteiger partial charge in [-0.05, 0) is 12.1 Å². The molecule has 0 aliphatic heterocycles. The summed E-state index contributed by atoms with van der Waals surface area (Å²) in [6.45, 7) is 0. The number of alkyl halides is 3. The van der Waals surface area contributed by atoms with E-state index in [4.69, 9.17) is 10.4 Å². The molecule has 78 valence electrons. The van der Waals surface area contributed by atoms with Gasteiger partial charge in [0.15, 0.2) is 5.69 Å². The SMILES string of the molecule is N#Cc1nc(C(F)(F)F)ccc1C(=O)O. The molecule has 0 fully saturated rings. The van der Waals surface area contributed by atoms with Gasteiger partial charge < -0.3 is 5.11 Å². The summed E-state index contributed by atoms with van der Waals surface area (Å²) in [6.07, 6.45) is -4.69. The molecule has 0 aliphatic carbocycles. The van der Waals surface area contributed by atoms with Crippen LogP contribution in [-0.4, -0.2) is 16.1 Å². The van der Waals surface area contributed by atoms with Crippen LogP contribution in [0.3, 0.4) is 0 Å². The van der Waals surface area contributed by atoms with E-state index in [-0.39, 0.29) is 0 Å². The summed E-state index contributed by atoms with van der Waals surface area (Å²) in [4.78, 5) is 13.4. The number of nitriles is 1. The molecule has 7 heteroatoms. The normalized spacial score (nSPS) is 10.8. The van der Waals surface area contributed by atoms with E-state index < -0.39 is 29.1 Å². The summed E-state index contributed by atoms with van der Waals surface area (Å²) in [5.41, 5.74) is -2.59. The van der Waals surface area contributed by atoms with Gasteiger partial charge in [0.2, 0.25) is 0 Å². The molecular formula is C8H3F3N2O2. The molecule has 0 atom stereocenters. The Hall–Kier alpha value is -2.10. The van der Waals surface area contributed by atoms with Crippen molar-refractivity contribution in [2.45, 2.75) is 6.18 Å². The molecule has 1 N–H and O–H groups in total. The Balaban J connectivity index is 3.34. The molecule has 4 nitrogen and oxygen atoms in total. The second-order valence-corrected chi connectivity index (χ2v) is 2.51. The number of carbonyl (C=O) groups is 1. The van der Waals surface area contributed by atoms with Crippen LogP contribution in [0.5, 0.6) is 0 Å². The topological polar surface area (TPSA) is 74.0 Å². The predicted molar refractivity (Wildman–Crippen MR) is 40.9 cm³/mol. The summed E-state index contributed by atoms with van der Waals surface area (Å²) < 4.78 is 36.4. The van der Waals surface area contributed by atoms with Gasteiger partial charge in [-0.25, -0.2) is 9.78 Å². The zero-order valence-electron chi connectivity index (χ0n) is 7.04. The molecule has 0 radical (unpaired) electrons. The second-order valence-electron chi connectivity index (χ2n) is 2.51. The average Bonchev–Trinajstić information content (AvgIpc) is 2.15. The predicted octanol–water partition coefficient (Wildman–Crippen LogP) is 1.67. The van der Waals surface area contributed by atoms with Crippen molar-refractivity contribution in [3.8, 4) is 6.07 Å². The molecule has 1 aromatic heterocycles. The van der Waals surface area contributed by atoms with Gasteiger partial charge in [0.1, 0.15) is 11.8 Å².